The van der Waals surface area contributed by atoms with Gasteiger partial charge in [-0.25, -0.2) is 0 Å². The van der Waals surface area contributed by atoms with Gasteiger partial charge in [-0.3, -0.25) is 4.79 Å². The van der Waals surface area contributed by atoms with Crippen LogP contribution < -0.4 is 5.32 Å². The quantitative estimate of drug-likeness (QED) is 0.911. The van der Waals surface area contributed by atoms with Gasteiger partial charge in [-0.1, -0.05) is 42.5 Å². The van der Waals surface area contributed by atoms with E-state index in [0.29, 0.717) is 18.7 Å². The average molecular weight is 301 g/mol. The summed E-state index contributed by atoms with van der Waals surface area (Å²) in [6.45, 7) is 0.560. The van der Waals surface area contributed by atoms with Gasteiger partial charge in [0.25, 0.3) is 5.91 Å². The van der Waals surface area contributed by atoms with E-state index in [4.69, 9.17) is 0 Å². The standard InChI is InChI=1S/C17H19NO2S/c19-16(17(20)8-10-21-12-17)18-9-7-13-5-6-14-3-1-2-4-15(14)11-13/h1-6,11,20H,7-10,12H2,(H,18,19). The van der Waals surface area contributed by atoms with E-state index >= 15 is 0 Å². The lowest BCUT2D eigenvalue weighted by molar-refractivity contribution is -0.137. The van der Waals surface area contributed by atoms with E-state index in [-0.39, 0.29) is 5.91 Å². The summed E-state index contributed by atoms with van der Waals surface area (Å²) in [6, 6.07) is 14.6. The predicted molar refractivity (Wildman–Crippen MR) is 87.6 cm³/mol. The molecule has 3 rings (SSSR count). The fourth-order valence-electron chi connectivity index (χ4n) is 2.61. The average Bonchev–Trinajstić information content (AvgIpc) is 2.95. The summed E-state index contributed by atoms with van der Waals surface area (Å²) in [4.78, 5) is 12.0. The zero-order valence-corrected chi connectivity index (χ0v) is 12.7. The molecule has 2 aromatic rings. The third-order valence-electron chi connectivity index (χ3n) is 3.94. The molecule has 0 radical (unpaired) electrons. The molecule has 1 saturated heterocycles. The zero-order valence-electron chi connectivity index (χ0n) is 11.8. The first-order valence-corrected chi connectivity index (χ1v) is 8.39. The van der Waals surface area contributed by atoms with Crippen LogP contribution in [-0.4, -0.2) is 34.7 Å². The maximum absolute atomic E-state index is 12.0. The van der Waals surface area contributed by atoms with Crippen LogP contribution in [0, 0.1) is 0 Å². The second-order valence-electron chi connectivity index (χ2n) is 5.52. The summed E-state index contributed by atoms with van der Waals surface area (Å²) < 4.78 is 0. The molecule has 1 aliphatic rings. The first-order chi connectivity index (χ1) is 10.2. The van der Waals surface area contributed by atoms with Crippen molar-refractivity contribution in [2.45, 2.75) is 18.4 Å². The number of hydrogen-bond acceptors (Lipinski definition) is 3. The largest absolute Gasteiger partial charge is 0.379 e. The number of thioether (sulfide) groups is 1. The Balaban J connectivity index is 1.58. The highest BCUT2D eigenvalue weighted by atomic mass is 32.2. The number of carbonyl (C=O) groups excluding carboxylic acids is 1. The molecule has 0 spiro atoms. The lowest BCUT2D eigenvalue weighted by atomic mass is 10.0. The molecule has 110 valence electrons. The maximum Gasteiger partial charge on any atom is 0.252 e. The molecule has 0 aliphatic carbocycles. The van der Waals surface area contributed by atoms with Crippen LogP contribution in [-0.2, 0) is 11.2 Å². The molecule has 21 heavy (non-hydrogen) atoms. The van der Waals surface area contributed by atoms with Crippen molar-refractivity contribution < 1.29 is 9.90 Å². The Morgan fingerprint density at radius 2 is 2.05 bits per heavy atom. The van der Waals surface area contributed by atoms with Gasteiger partial charge in [0.15, 0.2) is 5.60 Å². The molecule has 0 saturated carbocycles. The van der Waals surface area contributed by atoms with E-state index < -0.39 is 5.60 Å². The van der Waals surface area contributed by atoms with Gasteiger partial charge in [0, 0.05) is 12.3 Å². The van der Waals surface area contributed by atoms with Crippen molar-refractivity contribution in [2.75, 3.05) is 18.1 Å². The molecule has 1 fully saturated rings. The maximum atomic E-state index is 12.0. The topological polar surface area (TPSA) is 49.3 Å². The molecule has 3 nitrogen and oxygen atoms in total. The molecule has 1 atom stereocenters. The van der Waals surface area contributed by atoms with E-state index in [1.165, 1.54) is 16.3 Å². The molecular formula is C17H19NO2S. The smallest absolute Gasteiger partial charge is 0.252 e. The first-order valence-electron chi connectivity index (χ1n) is 7.23. The van der Waals surface area contributed by atoms with Gasteiger partial charge in [-0.05, 0) is 34.9 Å². The summed E-state index contributed by atoms with van der Waals surface area (Å²) in [6.07, 6.45) is 1.33. The van der Waals surface area contributed by atoms with E-state index in [1.54, 1.807) is 11.8 Å². The molecule has 0 bridgehead atoms. The van der Waals surface area contributed by atoms with E-state index in [9.17, 15) is 9.90 Å². The minimum atomic E-state index is -1.16. The summed E-state index contributed by atoms with van der Waals surface area (Å²) in [5, 5.41) is 15.5. The minimum absolute atomic E-state index is 0.228. The fraction of sp³-hybridized carbons (Fsp3) is 0.353. The van der Waals surface area contributed by atoms with E-state index in [0.717, 1.165) is 12.2 Å². The Morgan fingerprint density at radius 3 is 2.81 bits per heavy atom. The summed E-state index contributed by atoms with van der Waals surface area (Å²) in [5.41, 5.74) is 0.0374. The van der Waals surface area contributed by atoms with Gasteiger partial charge in [-0.15, -0.1) is 0 Å². The van der Waals surface area contributed by atoms with Crippen LogP contribution in [0.1, 0.15) is 12.0 Å². The van der Waals surface area contributed by atoms with Crippen LogP contribution >= 0.6 is 11.8 Å². The molecule has 2 aromatic carbocycles. The SMILES string of the molecule is O=C(NCCc1ccc2ccccc2c1)C1(O)CCSC1. The van der Waals surface area contributed by atoms with Crippen LogP contribution in [0.5, 0.6) is 0 Å². The van der Waals surface area contributed by atoms with Crippen molar-refractivity contribution in [3.8, 4) is 0 Å². The van der Waals surface area contributed by atoms with Gasteiger partial charge in [-0.2, -0.15) is 11.8 Å². The van der Waals surface area contributed by atoms with Crippen molar-refractivity contribution in [3.05, 3.63) is 48.0 Å². The highest BCUT2D eigenvalue weighted by Crippen LogP contribution is 2.27. The van der Waals surface area contributed by atoms with Crippen molar-refractivity contribution in [1.29, 1.82) is 0 Å². The van der Waals surface area contributed by atoms with Crippen LogP contribution in [0.2, 0.25) is 0 Å². The van der Waals surface area contributed by atoms with Crippen molar-refractivity contribution in [1.82, 2.24) is 5.32 Å². The molecular weight excluding hydrogens is 282 g/mol. The number of rotatable bonds is 4. The van der Waals surface area contributed by atoms with E-state index in [2.05, 4.69) is 35.6 Å². The highest BCUT2D eigenvalue weighted by molar-refractivity contribution is 7.99. The number of hydrogen-bond donors (Lipinski definition) is 2. The molecule has 4 heteroatoms. The molecule has 1 heterocycles. The second kappa shape index (κ2) is 6.08. The zero-order chi connectivity index (χ0) is 14.7. The fourth-order valence-corrected chi connectivity index (χ4v) is 3.85. The monoisotopic (exact) mass is 301 g/mol. The van der Waals surface area contributed by atoms with Gasteiger partial charge >= 0.3 is 0 Å². The van der Waals surface area contributed by atoms with Crippen molar-refractivity contribution in [2.24, 2.45) is 0 Å². The lowest BCUT2D eigenvalue weighted by Gasteiger charge is -2.20. The Bertz CT molecular complexity index is 650. The number of aliphatic hydroxyl groups is 1. The number of amides is 1. The number of carbonyl (C=O) groups is 1. The van der Waals surface area contributed by atoms with Crippen molar-refractivity contribution >= 4 is 28.4 Å². The van der Waals surface area contributed by atoms with Gasteiger partial charge < -0.3 is 10.4 Å². The minimum Gasteiger partial charge on any atom is -0.379 e. The second-order valence-corrected chi connectivity index (χ2v) is 6.63. The van der Waals surface area contributed by atoms with Gasteiger partial charge in [0.1, 0.15) is 0 Å². The third-order valence-corrected chi connectivity index (χ3v) is 5.11. The van der Waals surface area contributed by atoms with Crippen molar-refractivity contribution in [3.63, 3.8) is 0 Å². The normalized spacial score (nSPS) is 21.6. The van der Waals surface area contributed by atoms with Gasteiger partial charge in [0.05, 0.1) is 0 Å². The predicted octanol–water partition coefficient (Wildman–Crippen LogP) is 2.37. The third kappa shape index (κ3) is 3.22. The van der Waals surface area contributed by atoms with E-state index in [1.807, 2.05) is 12.1 Å². The Labute approximate surface area is 128 Å². The summed E-state index contributed by atoms with van der Waals surface area (Å²) in [5.74, 6) is 1.14. The molecule has 1 aliphatic heterocycles. The highest BCUT2D eigenvalue weighted by Gasteiger charge is 2.39. The molecule has 1 unspecified atom stereocenters. The van der Waals surface area contributed by atoms with Gasteiger partial charge in [0.2, 0.25) is 0 Å². The number of fused-ring (bicyclic) bond motifs is 1. The molecule has 1 amide bonds. The Morgan fingerprint density at radius 1 is 1.24 bits per heavy atom. The lowest BCUT2D eigenvalue weighted by Crippen LogP contribution is -2.47. The van der Waals surface area contributed by atoms with Crippen LogP contribution in [0.15, 0.2) is 42.5 Å². The summed E-state index contributed by atoms with van der Waals surface area (Å²) in [7, 11) is 0. The molecule has 2 N–H and O–H groups in total. The van der Waals surface area contributed by atoms with Crippen LogP contribution in [0.25, 0.3) is 10.8 Å². The van der Waals surface area contributed by atoms with Crippen LogP contribution in [0.4, 0.5) is 0 Å². The summed E-state index contributed by atoms with van der Waals surface area (Å²) >= 11 is 1.63. The number of benzene rings is 2. The first kappa shape index (κ1) is 14.4. The Hall–Kier alpha value is -1.52. The molecule has 0 aromatic heterocycles. The Kier molecular flexibility index (Phi) is 4.17. The number of nitrogens with one attached hydrogen (secondary N) is 1. The van der Waals surface area contributed by atoms with Crippen LogP contribution in [0.3, 0.4) is 0 Å².